The summed E-state index contributed by atoms with van der Waals surface area (Å²) >= 11 is 0. The first-order chi connectivity index (χ1) is 52.5. The number of ether oxygens (including phenoxy) is 4. The number of phosphoric ester groups is 2. The number of aliphatic hydroxyl groups is 1. The molecule has 0 saturated heterocycles. The van der Waals surface area contributed by atoms with Crippen LogP contribution >= 0.6 is 15.6 Å². The largest absolute Gasteiger partial charge is 0.472 e. The van der Waals surface area contributed by atoms with Crippen molar-refractivity contribution in [2.45, 2.75) is 502 Å². The maximum atomic E-state index is 13.2. The van der Waals surface area contributed by atoms with E-state index in [0.717, 1.165) is 95.8 Å². The molecule has 0 amide bonds. The molecule has 3 N–H and O–H groups in total. The maximum absolute atomic E-state index is 13.2. The van der Waals surface area contributed by atoms with E-state index < -0.39 is 97.5 Å². The summed E-state index contributed by atoms with van der Waals surface area (Å²) in [7, 11) is -9.93. The van der Waals surface area contributed by atoms with Crippen molar-refractivity contribution in [2.75, 3.05) is 39.6 Å². The Balaban J connectivity index is 5.25. The molecule has 19 heteroatoms. The SMILES string of the molecule is CCCCCCCCCCCCCCCCCCCCCCCC(=O)O[C@H](COC(=O)CCCCCCCCCCCCCCCCCCCC)COP(=O)(O)OC[C@@H](O)COP(=O)(O)OC[C@@H](COC(=O)CCCCCCCCCCCCCCC)OC(=O)CCCCCCCCCCCCCCCC(C)C. The van der Waals surface area contributed by atoms with Crippen molar-refractivity contribution in [3.05, 3.63) is 0 Å². The van der Waals surface area contributed by atoms with E-state index in [0.29, 0.717) is 25.7 Å². The fourth-order valence-corrected chi connectivity index (χ4v) is 15.6. The van der Waals surface area contributed by atoms with Crippen LogP contribution in [-0.4, -0.2) is 96.7 Å². The molecule has 0 aliphatic heterocycles. The van der Waals surface area contributed by atoms with Crippen LogP contribution in [0.5, 0.6) is 0 Å². The van der Waals surface area contributed by atoms with Crippen LogP contribution in [0.2, 0.25) is 0 Å². The van der Waals surface area contributed by atoms with Crippen molar-refractivity contribution < 1.29 is 80.2 Å². The summed E-state index contributed by atoms with van der Waals surface area (Å²) in [5.74, 6) is -1.31. The van der Waals surface area contributed by atoms with E-state index in [1.54, 1.807) is 0 Å². The van der Waals surface area contributed by atoms with Crippen LogP contribution in [0.25, 0.3) is 0 Å². The summed E-state index contributed by atoms with van der Waals surface area (Å²) in [5, 5.41) is 10.7. The van der Waals surface area contributed by atoms with Crippen LogP contribution in [0.1, 0.15) is 484 Å². The van der Waals surface area contributed by atoms with Gasteiger partial charge in [0.2, 0.25) is 0 Å². The van der Waals surface area contributed by atoms with Crippen LogP contribution < -0.4 is 0 Å². The second-order valence-electron chi connectivity index (χ2n) is 32.5. The Labute approximate surface area is 664 Å². The van der Waals surface area contributed by atoms with Crippen molar-refractivity contribution in [1.29, 1.82) is 0 Å². The molecule has 0 fully saturated rings. The zero-order valence-corrected chi connectivity index (χ0v) is 72.8. The van der Waals surface area contributed by atoms with Gasteiger partial charge in [-0.1, -0.05) is 433 Å². The Kier molecular flexibility index (Phi) is 80.2. The predicted molar refractivity (Wildman–Crippen MR) is 446 cm³/mol. The van der Waals surface area contributed by atoms with Gasteiger partial charge in [-0.2, -0.15) is 0 Å². The quantitative estimate of drug-likeness (QED) is 0.0222. The Morgan fingerprint density at radius 1 is 0.250 bits per heavy atom. The first-order valence-corrected chi connectivity index (χ1v) is 49.1. The van der Waals surface area contributed by atoms with Gasteiger partial charge in [0, 0.05) is 25.7 Å². The van der Waals surface area contributed by atoms with Crippen LogP contribution in [0.3, 0.4) is 0 Å². The van der Waals surface area contributed by atoms with E-state index in [4.69, 9.17) is 37.0 Å². The van der Waals surface area contributed by atoms with Gasteiger partial charge >= 0.3 is 39.5 Å². The second kappa shape index (κ2) is 81.6. The molecule has 0 aliphatic rings. The molecule has 0 rings (SSSR count). The van der Waals surface area contributed by atoms with Crippen LogP contribution in [0.15, 0.2) is 0 Å². The molecular formula is C89H174O17P2. The lowest BCUT2D eigenvalue weighted by atomic mass is 10.0. The molecule has 108 heavy (non-hydrogen) atoms. The van der Waals surface area contributed by atoms with E-state index >= 15 is 0 Å². The highest BCUT2D eigenvalue weighted by molar-refractivity contribution is 7.47. The van der Waals surface area contributed by atoms with Gasteiger partial charge in [0.15, 0.2) is 12.2 Å². The highest BCUT2D eigenvalue weighted by Gasteiger charge is 2.30. The average Bonchev–Trinajstić information content (AvgIpc) is 0.909. The number of rotatable bonds is 89. The molecule has 0 aromatic carbocycles. The number of hydrogen-bond donors (Lipinski definition) is 3. The number of unbranched alkanes of at least 4 members (excludes halogenated alkanes) is 61. The van der Waals surface area contributed by atoms with Gasteiger partial charge in [-0.25, -0.2) is 9.13 Å². The lowest BCUT2D eigenvalue weighted by molar-refractivity contribution is -0.161. The van der Waals surface area contributed by atoms with Gasteiger partial charge in [-0.15, -0.1) is 0 Å². The Morgan fingerprint density at radius 3 is 0.630 bits per heavy atom. The monoisotopic (exact) mass is 1580 g/mol. The fraction of sp³-hybridized carbons (Fsp3) is 0.955. The standard InChI is InChI=1S/C89H174O17P2/c1-6-9-12-15-18-21-24-27-29-31-33-34-35-37-39-44-49-54-59-64-69-74-88(93)105-85(79-100-87(92)73-68-63-58-53-48-43-38-36-32-30-28-25-22-19-16-13-10-7-2)81-104-108(97,98)102-77-83(90)76-101-107(95,96)103-80-84(78-99-86(91)72-67-62-57-52-47-41-26-23-20-17-14-11-8-3)106-89(94)75-70-65-60-55-50-45-40-42-46-51-56-61-66-71-82(4)5/h82-85,90H,6-81H2,1-5H3,(H,95,96)(H,97,98)/t83-,84+,85+/m0/s1. The molecule has 5 atom stereocenters. The molecule has 0 aromatic heterocycles. The lowest BCUT2D eigenvalue weighted by Gasteiger charge is -2.21. The molecule has 0 radical (unpaired) electrons. The molecule has 17 nitrogen and oxygen atoms in total. The average molecular weight is 1580 g/mol. The van der Waals surface area contributed by atoms with Gasteiger partial charge in [0.05, 0.1) is 26.4 Å². The first-order valence-electron chi connectivity index (χ1n) is 46.1. The third-order valence-electron chi connectivity index (χ3n) is 21.0. The minimum absolute atomic E-state index is 0.108. The number of esters is 4. The minimum atomic E-state index is -4.97. The lowest BCUT2D eigenvalue weighted by Crippen LogP contribution is -2.30. The van der Waals surface area contributed by atoms with E-state index in [1.807, 2.05) is 0 Å². The second-order valence-corrected chi connectivity index (χ2v) is 35.4. The van der Waals surface area contributed by atoms with Crippen molar-refractivity contribution in [3.63, 3.8) is 0 Å². The Bertz CT molecular complexity index is 2050. The van der Waals surface area contributed by atoms with Gasteiger partial charge in [0.1, 0.15) is 19.3 Å². The zero-order chi connectivity index (χ0) is 79.0. The zero-order valence-electron chi connectivity index (χ0n) is 71.0. The van der Waals surface area contributed by atoms with Crippen molar-refractivity contribution >= 4 is 39.5 Å². The molecule has 0 spiro atoms. The van der Waals surface area contributed by atoms with E-state index in [-0.39, 0.29) is 25.7 Å². The number of carbonyl (C=O) groups excluding carboxylic acids is 4. The molecule has 2 unspecified atom stereocenters. The van der Waals surface area contributed by atoms with E-state index in [2.05, 4.69) is 34.6 Å². The molecule has 0 bridgehead atoms. The molecule has 642 valence electrons. The van der Waals surface area contributed by atoms with Gasteiger partial charge in [0.25, 0.3) is 0 Å². The smallest absolute Gasteiger partial charge is 0.462 e. The van der Waals surface area contributed by atoms with Gasteiger partial charge < -0.3 is 33.8 Å². The highest BCUT2D eigenvalue weighted by atomic mass is 31.2. The van der Waals surface area contributed by atoms with Crippen LogP contribution in [0, 0.1) is 5.92 Å². The summed E-state index contributed by atoms with van der Waals surface area (Å²) < 4.78 is 69.0. The summed E-state index contributed by atoms with van der Waals surface area (Å²) in [4.78, 5) is 73.4. The Hall–Kier alpha value is -1.94. The molecule has 0 aromatic rings. The maximum Gasteiger partial charge on any atom is 0.472 e. The van der Waals surface area contributed by atoms with Crippen molar-refractivity contribution in [2.24, 2.45) is 5.92 Å². The number of aliphatic hydroxyl groups excluding tert-OH is 1. The van der Waals surface area contributed by atoms with Gasteiger partial charge in [-0.3, -0.25) is 37.3 Å². The number of phosphoric acid groups is 2. The van der Waals surface area contributed by atoms with E-state index in [1.165, 1.54) is 308 Å². The van der Waals surface area contributed by atoms with Crippen molar-refractivity contribution in [3.8, 4) is 0 Å². The third kappa shape index (κ3) is 82.1. The minimum Gasteiger partial charge on any atom is -0.462 e. The normalized spacial score (nSPS) is 13.7. The molecule has 0 heterocycles. The molecule has 0 saturated carbocycles. The van der Waals surface area contributed by atoms with E-state index in [9.17, 15) is 43.2 Å². The molecule has 0 aliphatic carbocycles. The summed E-state index contributed by atoms with van der Waals surface area (Å²) in [6.45, 7) is 7.40. The van der Waals surface area contributed by atoms with Crippen LogP contribution in [0.4, 0.5) is 0 Å². The molecular weight excluding hydrogens is 1400 g/mol. The van der Waals surface area contributed by atoms with Crippen LogP contribution in [-0.2, 0) is 65.4 Å². The first kappa shape index (κ1) is 106. The number of hydrogen-bond acceptors (Lipinski definition) is 15. The fourth-order valence-electron chi connectivity index (χ4n) is 14.0. The topological polar surface area (TPSA) is 237 Å². The van der Waals surface area contributed by atoms with Gasteiger partial charge in [-0.05, 0) is 31.6 Å². The number of carbonyl (C=O) groups is 4. The summed E-state index contributed by atoms with van der Waals surface area (Å²) in [5.41, 5.74) is 0. The van der Waals surface area contributed by atoms with Crippen molar-refractivity contribution in [1.82, 2.24) is 0 Å². The Morgan fingerprint density at radius 2 is 0.426 bits per heavy atom. The summed E-state index contributed by atoms with van der Waals surface area (Å²) in [6, 6.07) is 0. The summed E-state index contributed by atoms with van der Waals surface area (Å²) in [6.07, 6.45) is 76.3. The highest BCUT2D eigenvalue weighted by Crippen LogP contribution is 2.45. The third-order valence-corrected chi connectivity index (χ3v) is 22.9. The predicted octanol–water partition coefficient (Wildman–Crippen LogP) is 27.5.